The number of benzene rings is 2. The van der Waals surface area contributed by atoms with Gasteiger partial charge in [-0.05, 0) is 57.5 Å². The minimum Gasteiger partial charge on any atom is -0.478 e. The Morgan fingerprint density at radius 3 is 2.14 bits per heavy atom. The summed E-state index contributed by atoms with van der Waals surface area (Å²) in [6.45, 7) is 6.41. The van der Waals surface area contributed by atoms with E-state index in [1.54, 1.807) is 20.8 Å². The van der Waals surface area contributed by atoms with Crippen LogP contribution in [0.5, 0.6) is 0 Å². The van der Waals surface area contributed by atoms with E-state index in [1.807, 2.05) is 0 Å². The number of hydrogen-bond acceptors (Lipinski definition) is 5. The molecule has 0 saturated carbocycles. The lowest BCUT2D eigenvalue weighted by molar-refractivity contribution is -0.139. The maximum atomic E-state index is 16.4. The van der Waals surface area contributed by atoms with Gasteiger partial charge in [0.2, 0.25) is 0 Å². The Morgan fingerprint density at radius 2 is 1.65 bits per heavy atom. The molecule has 10 heteroatoms. The molecule has 0 spiro atoms. The molecule has 3 rings (SSSR count). The summed E-state index contributed by atoms with van der Waals surface area (Å²) in [5.74, 6) is -3.81. The summed E-state index contributed by atoms with van der Waals surface area (Å²) in [7, 11) is 0. The summed E-state index contributed by atoms with van der Waals surface area (Å²) in [6.07, 6.45) is -1.54. The van der Waals surface area contributed by atoms with Gasteiger partial charge in [0.15, 0.2) is 5.78 Å². The quantitative estimate of drug-likeness (QED) is 0.455. The molecule has 37 heavy (non-hydrogen) atoms. The van der Waals surface area contributed by atoms with Crippen LogP contribution in [0, 0.1) is 5.82 Å². The van der Waals surface area contributed by atoms with Crippen molar-refractivity contribution in [3.63, 3.8) is 0 Å². The molecule has 7 nitrogen and oxygen atoms in total. The number of halogens is 3. The Hall–Kier alpha value is -3.04. The molecule has 1 fully saturated rings. The molecule has 0 bridgehead atoms. The number of carbonyl (C=O) groups excluding carboxylic acids is 2. The van der Waals surface area contributed by atoms with Crippen molar-refractivity contribution >= 4 is 29.4 Å². The van der Waals surface area contributed by atoms with Crippen LogP contribution in [0.2, 0.25) is 5.02 Å². The van der Waals surface area contributed by atoms with Gasteiger partial charge in [0.05, 0.1) is 11.1 Å². The van der Waals surface area contributed by atoms with E-state index in [9.17, 15) is 24.6 Å². The number of likely N-dealkylation sites (tertiary alicyclic amines) is 1. The van der Waals surface area contributed by atoms with Crippen LogP contribution in [0.1, 0.15) is 78.8 Å². The molecule has 1 aliphatic heterocycles. The lowest BCUT2D eigenvalue weighted by Gasteiger charge is -2.46. The van der Waals surface area contributed by atoms with Crippen LogP contribution < -0.4 is 0 Å². The van der Waals surface area contributed by atoms with Crippen molar-refractivity contribution in [3.05, 3.63) is 69.5 Å². The van der Waals surface area contributed by atoms with Crippen molar-refractivity contribution in [3.8, 4) is 0 Å². The second kappa shape index (κ2) is 10.4. The zero-order valence-corrected chi connectivity index (χ0v) is 21.9. The van der Waals surface area contributed by atoms with Crippen LogP contribution in [0.3, 0.4) is 0 Å². The Labute approximate surface area is 219 Å². The monoisotopic (exact) mass is 537 g/mol. The van der Waals surface area contributed by atoms with Crippen LogP contribution in [0.25, 0.3) is 0 Å². The van der Waals surface area contributed by atoms with E-state index in [1.165, 1.54) is 36.1 Å². The number of rotatable bonds is 6. The summed E-state index contributed by atoms with van der Waals surface area (Å²) in [5, 5.41) is 21.5. The van der Waals surface area contributed by atoms with E-state index < -0.39 is 57.2 Å². The molecular weight excluding hydrogens is 508 g/mol. The number of aromatic carboxylic acids is 1. The van der Waals surface area contributed by atoms with Gasteiger partial charge in [0.25, 0.3) is 0 Å². The highest BCUT2D eigenvalue weighted by Gasteiger charge is 2.54. The van der Waals surface area contributed by atoms with E-state index in [2.05, 4.69) is 0 Å². The van der Waals surface area contributed by atoms with Gasteiger partial charge in [-0.15, -0.1) is 0 Å². The first-order chi connectivity index (χ1) is 17.1. The minimum atomic E-state index is -2.40. The van der Waals surface area contributed by atoms with Gasteiger partial charge >= 0.3 is 12.1 Å². The fraction of sp³-hybridized carbons (Fsp3) is 0.444. The first-order valence-corrected chi connectivity index (χ1v) is 12.3. The molecule has 2 N–H and O–H groups in total. The molecule has 0 aromatic heterocycles. The average molecular weight is 538 g/mol. The molecule has 2 aromatic rings. The molecule has 1 amide bonds. The van der Waals surface area contributed by atoms with Crippen molar-refractivity contribution < 1.29 is 38.1 Å². The third-order valence-electron chi connectivity index (χ3n) is 6.61. The van der Waals surface area contributed by atoms with E-state index in [0.717, 1.165) is 12.1 Å². The highest BCUT2D eigenvalue weighted by atomic mass is 35.5. The number of nitrogens with zero attached hydrogens (tertiary/aromatic N) is 1. The summed E-state index contributed by atoms with van der Waals surface area (Å²) in [4.78, 5) is 38.7. The van der Waals surface area contributed by atoms with Crippen molar-refractivity contribution in [2.45, 2.75) is 63.8 Å². The van der Waals surface area contributed by atoms with Gasteiger partial charge in [0.1, 0.15) is 22.7 Å². The predicted molar refractivity (Wildman–Crippen MR) is 133 cm³/mol. The minimum absolute atomic E-state index is 0.0244. The number of amides is 1. The zero-order valence-electron chi connectivity index (χ0n) is 21.1. The van der Waals surface area contributed by atoms with Gasteiger partial charge in [-0.3, -0.25) is 4.79 Å². The summed E-state index contributed by atoms with van der Waals surface area (Å²) >= 11 is 5.86. The van der Waals surface area contributed by atoms with Crippen LogP contribution in [0.15, 0.2) is 36.4 Å². The third-order valence-corrected chi connectivity index (χ3v) is 6.86. The van der Waals surface area contributed by atoms with Crippen LogP contribution in [0.4, 0.5) is 13.6 Å². The van der Waals surface area contributed by atoms with Crippen molar-refractivity contribution in [2.75, 3.05) is 13.1 Å². The Bertz CT molecular complexity index is 1200. The van der Waals surface area contributed by atoms with Crippen LogP contribution >= 0.6 is 11.6 Å². The SMILES string of the molecule is CCC(O)(c1ccc(C(=O)O)c(C(=O)c2ccc(Cl)cc2)c1F)C1(F)CCN(C(=O)OC(C)(C)C)CC1. The molecule has 1 atom stereocenters. The molecule has 0 aliphatic carbocycles. The number of aliphatic hydroxyl groups is 1. The molecule has 1 heterocycles. The zero-order chi connectivity index (χ0) is 27.8. The highest BCUT2D eigenvalue weighted by Crippen LogP contribution is 2.47. The molecule has 1 saturated heterocycles. The summed E-state index contributed by atoms with van der Waals surface area (Å²) in [5.41, 5.74) is -7.46. The molecule has 1 unspecified atom stereocenters. The van der Waals surface area contributed by atoms with Gasteiger partial charge in [-0.2, -0.15) is 0 Å². The standard InChI is InChI=1S/C27H30ClF2NO6/c1-5-27(36,26(30)12-14-31(15-13-26)24(35)37-25(2,3)4)19-11-10-18(23(33)34)20(21(19)29)22(32)16-6-8-17(28)9-7-16/h6-11,36H,5,12-15H2,1-4H3,(H,33,34). The van der Waals surface area contributed by atoms with Gasteiger partial charge < -0.3 is 19.8 Å². The summed E-state index contributed by atoms with van der Waals surface area (Å²) in [6, 6.07) is 7.42. The van der Waals surface area contributed by atoms with Crippen molar-refractivity contribution in [2.24, 2.45) is 0 Å². The van der Waals surface area contributed by atoms with Gasteiger partial charge in [-0.1, -0.05) is 24.6 Å². The van der Waals surface area contributed by atoms with E-state index in [4.69, 9.17) is 16.3 Å². The first-order valence-electron chi connectivity index (χ1n) is 11.9. The fourth-order valence-corrected chi connectivity index (χ4v) is 4.70. The molecule has 2 aromatic carbocycles. The Kier molecular flexibility index (Phi) is 8.00. The Balaban J connectivity index is 2.02. The first kappa shape index (κ1) is 28.5. The normalized spacial score (nSPS) is 17.1. The maximum absolute atomic E-state index is 16.4. The number of ketones is 1. The number of carbonyl (C=O) groups is 3. The number of carboxylic acid groups (broad SMARTS) is 1. The van der Waals surface area contributed by atoms with Gasteiger partial charge in [-0.25, -0.2) is 18.4 Å². The number of carboxylic acids is 1. The third kappa shape index (κ3) is 5.62. The molecule has 0 radical (unpaired) electrons. The van der Waals surface area contributed by atoms with E-state index >= 15 is 8.78 Å². The lowest BCUT2D eigenvalue weighted by atomic mass is 9.71. The highest BCUT2D eigenvalue weighted by molar-refractivity contribution is 6.30. The van der Waals surface area contributed by atoms with Crippen LogP contribution in [-0.2, 0) is 10.3 Å². The second-order valence-electron chi connectivity index (χ2n) is 10.1. The number of ether oxygens (including phenoxy) is 1. The largest absolute Gasteiger partial charge is 0.478 e. The number of alkyl halides is 1. The fourth-order valence-electron chi connectivity index (χ4n) is 4.57. The number of hydrogen-bond donors (Lipinski definition) is 2. The van der Waals surface area contributed by atoms with Gasteiger partial charge in [0, 0.05) is 42.1 Å². The smallest absolute Gasteiger partial charge is 0.410 e. The van der Waals surface area contributed by atoms with E-state index in [-0.39, 0.29) is 37.9 Å². The lowest BCUT2D eigenvalue weighted by Crippen LogP contribution is -2.56. The van der Waals surface area contributed by atoms with Crippen molar-refractivity contribution in [1.29, 1.82) is 0 Å². The Morgan fingerprint density at radius 1 is 1.08 bits per heavy atom. The topological polar surface area (TPSA) is 104 Å². The molecular formula is C27H30ClF2NO6. The predicted octanol–water partition coefficient (Wildman–Crippen LogP) is 5.75. The number of piperidine rings is 1. The second-order valence-corrected chi connectivity index (χ2v) is 10.6. The van der Waals surface area contributed by atoms with Crippen LogP contribution in [-0.4, -0.2) is 57.3 Å². The average Bonchev–Trinajstić information content (AvgIpc) is 2.82. The summed E-state index contributed by atoms with van der Waals surface area (Å²) < 4.78 is 37.7. The molecule has 200 valence electrons. The van der Waals surface area contributed by atoms with Crippen molar-refractivity contribution in [1.82, 2.24) is 4.90 Å². The van der Waals surface area contributed by atoms with E-state index in [0.29, 0.717) is 5.02 Å². The maximum Gasteiger partial charge on any atom is 0.410 e. The molecule has 1 aliphatic rings.